The summed E-state index contributed by atoms with van der Waals surface area (Å²) in [4.78, 5) is 12.2. The zero-order valence-electron chi connectivity index (χ0n) is 11.6. The Morgan fingerprint density at radius 1 is 1.40 bits per heavy atom. The van der Waals surface area contributed by atoms with Crippen molar-refractivity contribution in [2.45, 2.75) is 32.6 Å². The number of carbonyl (C=O) groups is 1. The minimum Gasteiger partial charge on any atom is -0.273 e. The normalized spacial score (nSPS) is 31.9. The van der Waals surface area contributed by atoms with Gasteiger partial charge in [0.15, 0.2) is 0 Å². The molecule has 20 heavy (non-hydrogen) atoms. The summed E-state index contributed by atoms with van der Waals surface area (Å²) < 4.78 is 1.04. The second-order valence-corrected chi connectivity index (χ2v) is 7.04. The first-order chi connectivity index (χ1) is 9.61. The number of hydrazone groups is 1. The Morgan fingerprint density at radius 2 is 2.15 bits per heavy atom. The van der Waals surface area contributed by atoms with Crippen molar-refractivity contribution in [3.05, 3.63) is 34.3 Å². The summed E-state index contributed by atoms with van der Waals surface area (Å²) in [6.07, 6.45) is 6.61. The number of halogens is 1. The molecule has 0 heterocycles. The minimum atomic E-state index is 0.0905. The molecule has 0 radical (unpaired) electrons. The van der Waals surface area contributed by atoms with E-state index in [-0.39, 0.29) is 17.2 Å². The predicted molar refractivity (Wildman–Crippen MR) is 83.4 cm³/mol. The summed E-state index contributed by atoms with van der Waals surface area (Å²) in [5, 5.41) is 4.08. The lowest BCUT2D eigenvalue weighted by Crippen LogP contribution is -2.22. The number of hydrogen-bond donors (Lipinski definition) is 1. The van der Waals surface area contributed by atoms with Crippen LogP contribution in [0.3, 0.4) is 0 Å². The Labute approximate surface area is 128 Å². The van der Waals surface area contributed by atoms with E-state index in [2.05, 4.69) is 33.4 Å². The van der Waals surface area contributed by atoms with Crippen molar-refractivity contribution in [2.24, 2.45) is 22.4 Å². The van der Waals surface area contributed by atoms with Crippen molar-refractivity contribution in [1.82, 2.24) is 5.43 Å². The predicted octanol–water partition coefficient (Wildman–Crippen LogP) is 3.73. The molecule has 2 aliphatic carbocycles. The molecule has 0 unspecified atom stereocenters. The summed E-state index contributed by atoms with van der Waals surface area (Å²) in [6, 6.07) is 7.83. The second-order valence-electron chi connectivity index (χ2n) is 6.12. The van der Waals surface area contributed by atoms with Gasteiger partial charge in [-0.05, 0) is 41.9 Å². The Balaban J connectivity index is 1.56. The largest absolute Gasteiger partial charge is 0.273 e. The lowest BCUT2D eigenvalue weighted by Gasteiger charge is -2.15. The van der Waals surface area contributed by atoms with E-state index >= 15 is 0 Å². The van der Waals surface area contributed by atoms with E-state index in [1.165, 1.54) is 25.7 Å². The van der Waals surface area contributed by atoms with E-state index in [4.69, 9.17) is 0 Å². The number of carbonyl (C=O) groups excluding carboxylic acids is 1. The smallest absolute Gasteiger partial charge is 0.244 e. The van der Waals surface area contributed by atoms with Crippen molar-refractivity contribution in [1.29, 1.82) is 0 Å². The molecule has 0 spiro atoms. The molecule has 1 aromatic rings. The first-order valence-electron chi connectivity index (χ1n) is 7.20. The Kier molecular flexibility index (Phi) is 3.67. The summed E-state index contributed by atoms with van der Waals surface area (Å²) in [6.45, 7) is 2.25. The van der Waals surface area contributed by atoms with Gasteiger partial charge in [0.05, 0.1) is 6.21 Å². The van der Waals surface area contributed by atoms with Gasteiger partial charge >= 0.3 is 0 Å². The van der Waals surface area contributed by atoms with Gasteiger partial charge in [0.2, 0.25) is 5.91 Å². The van der Waals surface area contributed by atoms with Gasteiger partial charge < -0.3 is 0 Å². The number of rotatable bonds is 3. The Hall–Kier alpha value is -1.16. The quantitative estimate of drug-likeness (QED) is 0.664. The molecule has 0 aromatic heterocycles. The van der Waals surface area contributed by atoms with E-state index in [1.54, 1.807) is 6.21 Å². The molecular formula is C16H19BrN2O. The Morgan fingerprint density at radius 3 is 2.80 bits per heavy atom. The van der Waals surface area contributed by atoms with E-state index in [0.29, 0.717) is 5.92 Å². The van der Waals surface area contributed by atoms with Gasteiger partial charge in [0, 0.05) is 10.4 Å². The van der Waals surface area contributed by atoms with Gasteiger partial charge in [-0.25, -0.2) is 5.43 Å². The number of hydrogen-bond acceptors (Lipinski definition) is 2. The van der Waals surface area contributed by atoms with Crippen molar-refractivity contribution in [2.75, 3.05) is 0 Å². The molecule has 1 N–H and O–H groups in total. The van der Waals surface area contributed by atoms with Crippen LogP contribution < -0.4 is 5.43 Å². The number of amides is 1. The molecule has 0 saturated heterocycles. The molecule has 2 saturated carbocycles. The molecule has 3 nitrogen and oxygen atoms in total. The van der Waals surface area contributed by atoms with Gasteiger partial charge in [-0.15, -0.1) is 0 Å². The molecule has 0 aliphatic heterocycles. The molecular weight excluding hydrogens is 316 g/mol. The van der Waals surface area contributed by atoms with Crippen LogP contribution >= 0.6 is 15.9 Å². The highest BCUT2D eigenvalue weighted by molar-refractivity contribution is 9.10. The lowest BCUT2D eigenvalue weighted by molar-refractivity contribution is -0.123. The number of nitrogens with one attached hydrogen (secondary N) is 1. The lowest BCUT2D eigenvalue weighted by atomic mass is 9.90. The van der Waals surface area contributed by atoms with Crippen LogP contribution in [-0.2, 0) is 4.79 Å². The van der Waals surface area contributed by atoms with Crippen LogP contribution in [0.1, 0.15) is 38.2 Å². The summed E-state index contributed by atoms with van der Waals surface area (Å²) in [5.41, 5.74) is 3.93. The molecule has 2 fully saturated rings. The number of benzene rings is 1. The molecule has 4 heteroatoms. The maximum absolute atomic E-state index is 12.2. The van der Waals surface area contributed by atoms with Gasteiger partial charge in [0.25, 0.3) is 0 Å². The summed E-state index contributed by atoms with van der Waals surface area (Å²) in [7, 11) is 0. The molecule has 2 aliphatic rings. The van der Waals surface area contributed by atoms with Crippen molar-refractivity contribution in [3.63, 3.8) is 0 Å². The third kappa shape index (κ3) is 2.53. The van der Waals surface area contributed by atoms with Crippen LogP contribution in [0.25, 0.3) is 0 Å². The highest BCUT2D eigenvalue weighted by Crippen LogP contribution is 2.66. The maximum Gasteiger partial charge on any atom is 0.244 e. The molecule has 0 bridgehead atoms. The van der Waals surface area contributed by atoms with E-state index < -0.39 is 0 Å². The van der Waals surface area contributed by atoms with Crippen LogP contribution in [-0.4, -0.2) is 12.1 Å². The molecule has 1 aromatic carbocycles. The van der Waals surface area contributed by atoms with Crippen molar-refractivity contribution >= 4 is 28.1 Å². The minimum absolute atomic E-state index is 0.0905. The van der Waals surface area contributed by atoms with Crippen LogP contribution in [0, 0.1) is 17.3 Å². The monoisotopic (exact) mass is 334 g/mol. The fourth-order valence-electron chi connectivity index (χ4n) is 3.64. The summed E-state index contributed by atoms with van der Waals surface area (Å²) >= 11 is 3.39. The Bertz CT molecular complexity index is 540. The van der Waals surface area contributed by atoms with Crippen molar-refractivity contribution in [3.8, 4) is 0 Å². The topological polar surface area (TPSA) is 41.5 Å². The fraction of sp³-hybridized carbons (Fsp3) is 0.500. The fourth-order valence-corrected chi connectivity index (χ4v) is 3.90. The third-order valence-corrected chi connectivity index (χ3v) is 5.40. The SMILES string of the molecule is C[C@]12CCCC[C@H]1[C@@H]2C(=O)N/N=C/c1ccc(Br)cc1. The van der Waals surface area contributed by atoms with Crippen LogP contribution in [0.4, 0.5) is 0 Å². The van der Waals surface area contributed by atoms with Crippen molar-refractivity contribution < 1.29 is 4.79 Å². The zero-order chi connectivity index (χ0) is 14.2. The molecule has 3 rings (SSSR count). The van der Waals surface area contributed by atoms with Gasteiger partial charge in [-0.2, -0.15) is 5.10 Å². The van der Waals surface area contributed by atoms with Crippen LogP contribution in [0.2, 0.25) is 0 Å². The van der Waals surface area contributed by atoms with Gasteiger partial charge in [-0.1, -0.05) is 47.8 Å². The average molecular weight is 335 g/mol. The highest BCUT2D eigenvalue weighted by Gasteiger charge is 2.64. The van der Waals surface area contributed by atoms with E-state index in [9.17, 15) is 4.79 Å². The maximum atomic E-state index is 12.2. The third-order valence-electron chi connectivity index (χ3n) is 4.87. The first-order valence-corrected chi connectivity index (χ1v) is 7.99. The van der Waals surface area contributed by atoms with Gasteiger partial charge in [-0.3, -0.25) is 4.79 Å². The second kappa shape index (κ2) is 5.32. The molecule has 3 atom stereocenters. The molecule has 1 amide bonds. The summed E-state index contributed by atoms with van der Waals surface area (Å²) in [5.74, 6) is 0.846. The van der Waals surface area contributed by atoms with Gasteiger partial charge in [0.1, 0.15) is 0 Å². The standard InChI is InChI=1S/C16H19BrN2O/c1-16-9-3-2-4-13(16)14(16)15(20)19-18-10-11-5-7-12(17)8-6-11/h5-8,10,13-14H,2-4,9H2,1H3,(H,19,20)/b18-10+/t13-,14+,16-/m0/s1. The average Bonchev–Trinajstić information content (AvgIpc) is 3.06. The van der Waals surface area contributed by atoms with E-state index in [0.717, 1.165) is 10.0 Å². The zero-order valence-corrected chi connectivity index (χ0v) is 13.2. The van der Waals surface area contributed by atoms with Crippen LogP contribution in [0.15, 0.2) is 33.8 Å². The highest BCUT2D eigenvalue weighted by atomic mass is 79.9. The van der Waals surface area contributed by atoms with Crippen LogP contribution in [0.5, 0.6) is 0 Å². The first kappa shape index (κ1) is 13.8. The van der Waals surface area contributed by atoms with E-state index in [1.807, 2.05) is 24.3 Å². The molecule has 106 valence electrons. The number of fused-ring (bicyclic) bond motifs is 1. The number of nitrogens with zero attached hydrogens (tertiary/aromatic N) is 1.